The highest BCUT2D eigenvalue weighted by molar-refractivity contribution is 7.92. The molecule has 0 aliphatic rings. The fourth-order valence-corrected chi connectivity index (χ4v) is 5.64. The third-order valence-electron chi connectivity index (χ3n) is 6.09. The van der Waals surface area contributed by atoms with Crippen molar-refractivity contribution in [2.75, 3.05) is 24.4 Å². The van der Waals surface area contributed by atoms with Gasteiger partial charge in [-0.3, -0.25) is 13.9 Å². The van der Waals surface area contributed by atoms with Crippen LogP contribution in [0, 0.1) is 6.92 Å². The molecule has 37 heavy (non-hydrogen) atoms. The van der Waals surface area contributed by atoms with Crippen LogP contribution >= 0.6 is 11.6 Å². The summed E-state index contributed by atoms with van der Waals surface area (Å²) in [6.07, 6.45) is 0.906. The van der Waals surface area contributed by atoms with Gasteiger partial charge in [0.1, 0.15) is 12.6 Å². The summed E-state index contributed by atoms with van der Waals surface area (Å²) >= 11 is 5.98. The number of hydrogen-bond acceptors (Lipinski definition) is 4. The molecule has 2 amide bonds. The number of benzene rings is 3. The predicted molar refractivity (Wildman–Crippen MR) is 147 cm³/mol. The summed E-state index contributed by atoms with van der Waals surface area (Å²) in [6.45, 7) is 3.48. The lowest BCUT2D eigenvalue weighted by Crippen LogP contribution is -2.52. The molecule has 3 aromatic rings. The number of likely N-dealkylation sites (N-methyl/N-ethyl adjacent to an activating group) is 1. The van der Waals surface area contributed by atoms with Gasteiger partial charge in [0.15, 0.2) is 0 Å². The summed E-state index contributed by atoms with van der Waals surface area (Å²) in [6, 6.07) is 21.7. The SMILES string of the molecule is CCC(C(=O)NC)N(CCc1ccccc1)C(=O)CN(c1cccc(C)c1)S(=O)(=O)c1ccc(Cl)cc1. The van der Waals surface area contributed by atoms with E-state index in [1.165, 1.54) is 36.2 Å². The van der Waals surface area contributed by atoms with Crippen molar-refractivity contribution in [3.63, 3.8) is 0 Å². The van der Waals surface area contributed by atoms with Gasteiger partial charge in [-0.25, -0.2) is 8.42 Å². The Labute approximate surface area is 224 Å². The number of anilines is 1. The van der Waals surface area contributed by atoms with Gasteiger partial charge in [0.2, 0.25) is 11.8 Å². The van der Waals surface area contributed by atoms with Crippen molar-refractivity contribution in [3.8, 4) is 0 Å². The first-order chi connectivity index (χ1) is 17.7. The van der Waals surface area contributed by atoms with Crippen molar-refractivity contribution in [3.05, 3.63) is 95.0 Å². The molecule has 3 rings (SSSR count). The van der Waals surface area contributed by atoms with E-state index in [0.29, 0.717) is 23.6 Å². The number of carbonyl (C=O) groups excluding carboxylic acids is 2. The van der Waals surface area contributed by atoms with Crippen LogP contribution in [0.15, 0.2) is 83.8 Å². The van der Waals surface area contributed by atoms with E-state index < -0.39 is 28.5 Å². The molecule has 1 N–H and O–H groups in total. The number of amides is 2. The molecule has 0 aliphatic heterocycles. The first kappa shape index (κ1) is 28.2. The lowest BCUT2D eigenvalue weighted by atomic mass is 10.1. The number of sulfonamides is 1. The van der Waals surface area contributed by atoms with Crippen LogP contribution in [0.3, 0.4) is 0 Å². The third kappa shape index (κ3) is 7.11. The van der Waals surface area contributed by atoms with E-state index >= 15 is 0 Å². The number of nitrogens with one attached hydrogen (secondary N) is 1. The average molecular weight is 542 g/mol. The molecule has 0 radical (unpaired) electrons. The second kappa shape index (κ2) is 12.7. The number of aryl methyl sites for hydroxylation is 1. The van der Waals surface area contributed by atoms with Gasteiger partial charge in [0.05, 0.1) is 10.6 Å². The fourth-order valence-electron chi connectivity index (χ4n) is 4.11. The Morgan fingerprint density at radius 2 is 1.65 bits per heavy atom. The molecular formula is C28H32ClN3O4S. The fraction of sp³-hybridized carbons (Fsp3) is 0.286. The summed E-state index contributed by atoms with van der Waals surface area (Å²) in [5, 5.41) is 3.03. The monoisotopic (exact) mass is 541 g/mol. The van der Waals surface area contributed by atoms with Gasteiger partial charge in [-0.1, -0.05) is 61.0 Å². The highest BCUT2D eigenvalue weighted by Gasteiger charge is 2.33. The van der Waals surface area contributed by atoms with Crippen LogP contribution in [0.4, 0.5) is 5.69 Å². The topological polar surface area (TPSA) is 86.8 Å². The molecule has 0 aliphatic carbocycles. The molecule has 1 atom stereocenters. The maximum atomic E-state index is 13.8. The smallest absolute Gasteiger partial charge is 0.264 e. The zero-order valence-corrected chi connectivity index (χ0v) is 22.8. The lowest BCUT2D eigenvalue weighted by Gasteiger charge is -2.33. The van der Waals surface area contributed by atoms with Gasteiger partial charge in [0.25, 0.3) is 10.0 Å². The first-order valence-electron chi connectivity index (χ1n) is 12.1. The highest BCUT2D eigenvalue weighted by atomic mass is 35.5. The van der Waals surface area contributed by atoms with Crippen molar-refractivity contribution in [1.82, 2.24) is 10.2 Å². The lowest BCUT2D eigenvalue weighted by molar-refractivity contribution is -0.139. The number of halogens is 1. The molecule has 3 aromatic carbocycles. The Morgan fingerprint density at radius 1 is 0.973 bits per heavy atom. The van der Waals surface area contributed by atoms with Crippen LogP contribution in [0.1, 0.15) is 24.5 Å². The van der Waals surface area contributed by atoms with E-state index in [9.17, 15) is 18.0 Å². The number of nitrogens with zero attached hydrogens (tertiary/aromatic N) is 2. The van der Waals surface area contributed by atoms with Gasteiger partial charge in [0, 0.05) is 18.6 Å². The predicted octanol–water partition coefficient (Wildman–Crippen LogP) is 4.44. The van der Waals surface area contributed by atoms with E-state index in [4.69, 9.17) is 11.6 Å². The van der Waals surface area contributed by atoms with Crippen LogP contribution in [-0.2, 0) is 26.0 Å². The van der Waals surface area contributed by atoms with Crippen LogP contribution in [0.25, 0.3) is 0 Å². The quantitative estimate of drug-likeness (QED) is 0.389. The summed E-state index contributed by atoms with van der Waals surface area (Å²) < 4.78 is 28.6. The van der Waals surface area contributed by atoms with Gasteiger partial charge < -0.3 is 10.2 Å². The third-order valence-corrected chi connectivity index (χ3v) is 8.13. The molecule has 196 valence electrons. The van der Waals surface area contributed by atoms with Crippen molar-refractivity contribution in [2.24, 2.45) is 0 Å². The van der Waals surface area contributed by atoms with E-state index in [0.717, 1.165) is 15.4 Å². The van der Waals surface area contributed by atoms with Crippen molar-refractivity contribution in [2.45, 2.75) is 37.6 Å². The van der Waals surface area contributed by atoms with Crippen LogP contribution in [0.5, 0.6) is 0 Å². The molecule has 0 aromatic heterocycles. The Hall–Kier alpha value is -3.36. The first-order valence-corrected chi connectivity index (χ1v) is 13.9. The largest absolute Gasteiger partial charge is 0.357 e. The average Bonchev–Trinajstić information content (AvgIpc) is 2.89. The van der Waals surface area contributed by atoms with Crippen molar-refractivity contribution in [1.29, 1.82) is 0 Å². The molecule has 0 fully saturated rings. The molecule has 7 nitrogen and oxygen atoms in total. The van der Waals surface area contributed by atoms with Crippen molar-refractivity contribution < 1.29 is 18.0 Å². The molecule has 0 bridgehead atoms. The Balaban J connectivity index is 2.00. The van der Waals surface area contributed by atoms with Gasteiger partial charge in [-0.2, -0.15) is 0 Å². The Morgan fingerprint density at radius 3 is 2.24 bits per heavy atom. The van der Waals surface area contributed by atoms with E-state index in [1.54, 1.807) is 18.2 Å². The van der Waals surface area contributed by atoms with Crippen molar-refractivity contribution >= 4 is 39.1 Å². The van der Waals surface area contributed by atoms with Crippen LogP contribution < -0.4 is 9.62 Å². The standard InChI is InChI=1S/C28H32ClN3O4S/c1-4-26(28(34)30-3)31(18-17-22-10-6-5-7-11-22)27(33)20-32(24-12-8-9-21(2)19-24)37(35,36)25-15-13-23(29)14-16-25/h5-16,19,26H,4,17-18,20H2,1-3H3,(H,30,34). The minimum Gasteiger partial charge on any atom is -0.357 e. The number of carbonyl (C=O) groups is 2. The van der Waals surface area contributed by atoms with Crippen LogP contribution in [-0.4, -0.2) is 51.3 Å². The van der Waals surface area contributed by atoms with Crippen LogP contribution in [0.2, 0.25) is 5.02 Å². The molecule has 9 heteroatoms. The Kier molecular flexibility index (Phi) is 9.72. The summed E-state index contributed by atoms with van der Waals surface area (Å²) in [4.78, 5) is 28.0. The van der Waals surface area contributed by atoms with E-state index in [-0.39, 0.29) is 17.3 Å². The zero-order chi connectivity index (χ0) is 27.0. The normalized spacial score (nSPS) is 12.0. The van der Waals surface area contributed by atoms with Gasteiger partial charge >= 0.3 is 0 Å². The summed E-state index contributed by atoms with van der Waals surface area (Å²) in [5.41, 5.74) is 2.22. The summed E-state index contributed by atoms with van der Waals surface area (Å²) in [5.74, 6) is -0.767. The Bertz CT molecular complexity index is 1310. The minimum absolute atomic E-state index is 0.0142. The van der Waals surface area contributed by atoms with Gasteiger partial charge in [-0.15, -0.1) is 0 Å². The van der Waals surface area contributed by atoms with E-state index in [1.807, 2.05) is 50.2 Å². The molecule has 1 unspecified atom stereocenters. The molecule has 0 saturated heterocycles. The number of rotatable bonds is 11. The molecular weight excluding hydrogens is 510 g/mol. The maximum absolute atomic E-state index is 13.8. The summed E-state index contributed by atoms with van der Waals surface area (Å²) in [7, 11) is -2.59. The molecule has 0 heterocycles. The second-order valence-electron chi connectivity index (χ2n) is 8.67. The van der Waals surface area contributed by atoms with E-state index in [2.05, 4.69) is 5.32 Å². The maximum Gasteiger partial charge on any atom is 0.264 e. The molecule has 0 spiro atoms. The zero-order valence-electron chi connectivity index (χ0n) is 21.2. The second-order valence-corrected chi connectivity index (χ2v) is 11.0. The highest BCUT2D eigenvalue weighted by Crippen LogP contribution is 2.26. The minimum atomic E-state index is -4.11. The molecule has 0 saturated carbocycles. The number of hydrogen-bond donors (Lipinski definition) is 1. The van der Waals surface area contributed by atoms with Gasteiger partial charge in [-0.05, 0) is 67.3 Å².